The molecule has 1 aromatic heterocycles. The fourth-order valence-corrected chi connectivity index (χ4v) is 3.47. The molecule has 2 aromatic rings. The van der Waals surface area contributed by atoms with Crippen LogP contribution >= 0.6 is 23.4 Å². The molecule has 1 aromatic carbocycles. The van der Waals surface area contributed by atoms with Gasteiger partial charge in [0, 0.05) is 35.8 Å². The van der Waals surface area contributed by atoms with Crippen LogP contribution in [0.5, 0.6) is 0 Å². The molecule has 1 saturated heterocycles. The molecule has 2 heterocycles. The van der Waals surface area contributed by atoms with Gasteiger partial charge in [0.25, 0.3) is 5.22 Å². The maximum atomic E-state index is 12.2. The Morgan fingerprint density at radius 2 is 1.96 bits per heavy atom. The van der Waals surface area contributed by atoms with Crippen molar-refractivity contribution in [2.75, 3.05) is 38.6 Å². The fraction of sp³-hybridized carbons (Fsp3) is 0.500. The number of thioether (sulfide) groups is 1. The minimum atomic E-state index is -0.115. The van der Waals surface area contributed by atoms with Gasteiger partial charge < -0.3 is 14.5 Å². The second-order valence-corrected chi connectivity index (χ2v) is 8.22. The Hall–Kier alpha value is -1.61. The Kier molecular flexibility index (Phi) is 6.75. The fourth-order valence-electron chi connectivity index (χ4n) is 2.75. The number of hydrogen-bond donors (Lipinski definition) is 1. The number of carbonyl (C=O) groups excluding carboxylic acids is 1. The Balaban J connectivity index is 1.46. The largest absolute Gasteiger partial charge is 0.411 e. The molecule has 1 fully saturated rings. The molecule has 1 amide bonds. The highest BCUT2D eigenvalue weighted by molar-refractivity contribution is 7.99. The first-order valence-electron chi connectivity index (χ1n) is 8.76. The van der Waals surface area contributed by atoms with Crippen LogP contribution in [-0.2, 0) is 9.53 Å². The maximum absolute atomic E-state index is 12.2. The van der Waals surface area contributed by atoms with Crippen molar-refractivity contribution in [1.29, 1.82) is 0 Å². The lowest BCUT2D eigenvalue weighted by atomic mass is 10.0. The smallest absolute Gasteiger partial charge is 0.277 e. The van der Waals surface area contributed by atoms with Crippen molar-refractivity contribution in [3.8, 4) is 11.5 Å². The second kappa shape index (κ2) is 9.05. The lowest BCUT2D eigenvalue weighted by Gasteiger charge is -2.40. The molecule has 0 radical (unpaired) electrons. The number of hydrogen-bond acceptors (Lipinski definition) is 7. The van der Waals surface area contributed by atoms with E-state index in [1.54, 1.807) is 12.1 Å². The summed E-state index contributed by atoms with van der Waals surface area (Å²) in [6, 6.07) is 7.14. The third-order valence-electron chi connectivity index (χ3n) is 4.41. The zero-order valence-corrected chi connectivity index (χ0v) is 17.0. The third-order valence-corrected chi connectivity index (χ3v) is 5.48. The molecule has 0 atom stereocenters. The Labute approximate surface area is 167 Å². The normalized spacial score (nSPS) is 15.7. The molecule has 7 nitrogen and oxygen atoms in total. The lowest BCUT2D eigenvalue weighted by Crippen LogP contribution is -2.55. The van der Waals surface area contributed by atoms with Crippen LogP contribution in [0.15, 0.2) is 33.9 Å². The summed E-state index contributed by atoms with van der Waals surface area (Å²) >= 11 is 7.10. The van der Waals surface area contributed by atoms with Crippen molar-refractivity contribution in [3.05, 3.63) is 29.3 Å². The number of benzene rings is 1. The van der Waals surface area contributed by atoms with E-state index in [0.717, 1.165) is 31.9 Å². The van der Waals surface area contributed by atoms with Crippen molar-refractivity contribution in [1.82, 2.24) is 20.4 Å². The van der Waals surface area contributed by atoms with Crippen molar-refractivity contribution >= 4 is 29.3 Å². The zero-order valence-electron chi connectivity index (χ0n) is 15.4. The van der Waals surface area contributed by atoms with Crippen LogP contribution in [0.4, 0.5) is 0 Å². The van der Waals surface area contributed by atoms with Gasteiger partial charge >= 0.3 is 0 Å². The van der Waals surface area contributed by atoms with E-state index in [4.69, 9.17) is 20.8 Å². The molecule has 0 bridgehead atoms. The summed E-state index contributed by atoms with van der Waals surface area (Å²) < 4.78 is 11.0. The number of aromatic nitrogens is 2. The summed E-state index contributed by atoms with van der Waals surface area (Å²) in [4.78, 5) is 14.5. The number of nitrogens with zero attached hydrogens (tertiary/aromatic N) is 3. The first-order chi connectivity index (χ1) is 12.9. The minimum Gasteiger partial charge on any atom is -0.411 e. The summed E-state index contributed by atoms with van der Waals surface area (Å²) in [6.45, 7) is 8.07. The highest BCUT2D eigenvalue weighted by Gasteiger charge is 2.28. The third kappa shape index (κ3) is 5.68. The molecule has 1 N–H and O–H groups in total. The van der Waals surface area contributed by atoms with Gasteiger partial charge in [-0.15, -0.1) is 10.2 Å². The van der Waals surface area contributed by atoms with E-state index in [-0.39, 0.29) is 17.2 Å². The summed E-state index contributed by atoms with van der Waals surface area (Å²) in [7, 11) is 0. The Morgan fingerprint density at radius 1 is 1.26 bits per heavy atom. The molecule has 146 valence electrons. The van der Waals surface area contributed by atoms with Crippen LogP contribution in [0.1, 0.15) is 13.8 Å². The van der Waals surface area contributed by atoms with Crippen LogP contribution in [0.25, 0.3) is 11.5 Å². The summed E-state index contributed by atoms with van der Waals surface area (Å²) in [5, 5.41) is 12.0. The van der Waals surface area contributed by atoms with Gasteiger partial charge in [0.1, 0.15) is 0 Å². The number of morpholine rings is 1. The van der Waals surface area contributed by atoms with Crippen LogP contribution in [-0.4, -0.2) is 65.1 Å². The number of rotatable bonds is 7. The van der Waals surface area contributed by atoms with Gasteiger partial charge in [0.05, 0.1) is 19.0 Å². The van der Waals surface area contributed by atoms with E-state index in [1.807, 2.05) is 12.1 Å². The van der Waals surface area contributed by atoms with E-state index in [0.29, 0.717) is 22.7 Å². The van der Waals surface area contributed by atoms with Crippen LogP contribution in [0, 0.1) is 0 Å². The number of nitrogens with one attached hydrogen (secondary N) is 1. The molecule has 27 heavy (non-hydrogen) atoms. The second-order valence-electron chi connectivity index (χ2n) is 6.86. The minimum absolute atomic E-state index is 0.0624. The zero-order chi connectivity index (χ0) is 19.3. The van der Waals surface area contributed by atoms with Gasteiger partial charge in [0.15, 0.2) is 0 Å². The van der Waals surface area contributed by atoms with E-state index in [9.17, 15) is 4.79 Å². The molecule has 0 aliphatic carbocycles. The summed E-state index contributed by atoms with van der Waals surface area (Å²) in [5.74, 6) is 0.567. The molecule has 0 saturated carbocycles. The molecule has 1 aliphatic rings. The van der Waals surface area contributed by atoms with Gasteiger partial charge in [-0.05, 0) is 38.1 Å². The van der Waals surface area contributed by atoms with Crippen molar-refractivity contribution < 1.29 is 13.9 Å². The van der Waals surface area contributed by atoms with Crippen LogP contribution in [0.2, 0.25) is 5.02 Å². The standard InChI is InChI=1S/C18H23ClN4O3S/c1-18(2,23-7-9-25-10-8-23)12-20-15(24)11-27-17-22-21-16(26-17)13-3-5-14(19)6-4-13/h3-6H,7-12H2,1-2H3,(H,20,24). The lowest BCUT2D eigenvalue weighted by molar-refractivity contribution is -0.119. The molecule has 0 spiro atoms. The average molecular weight is 411 g/mol. The predicted octanol–water partition coefficient (Wildman–Crippen LogP) is 2.71. The van der Waals surface area contributed by atoms with E-state index in [1.165, 1.54) is 11.8 Å². The first-order valence-corrected chi connectivity index (χ1v) is 10.1. The van der Waals surface area contributed by atoms with E-state index >= 15 is 0 Å². The Morgan fingerprint density at radius 3 is 2.67 bits per heavy atom. The van der Waals surface area contributed by atoms with Crippen LogP contribution in [0.3, 0.4) is 0 Å². The van der Waals surface area contributed by atoms with Crippen molar-refractivity contribution in [3.63, 3.8) is 0 Å². The van der Waals surface area contributed by atoms with Crippen LogP contribution < -0.4 is 5.32 Å². The molecular formula is C18H23ClN4O3S. The average Bonchev–Trinajstić information content (AvgIpc) is 3.15. The maximum Gasteiger partial charge on any atom is 0.277 e. The Bertz CT molecular complexity index is 760. The highest BCUT2D eigenvalue weighted by Crippen LogP contribution is 2.24. The SMILES string of the molecule is CC(C)(CNC(=O)CSc1nnc(-c2ccc(Cl)cc2)o1)N1CCOCC1. The van der Waals surface area contributed by atoms with Crippen molar-refractivity contribution in [2.45, 2.75) is 24.6 Å². The monoisotopic (exact) mass is 410 g/mol. The van der Waals surface area contributed by atoms with Gasteiger partial charge in [-0.1, -0.05) is 23.4 Å². The predicted molar refractivity (Wildman–Crippen MR) is 105 cm³/mol. The quantitative estimate of drug-likeness (QED) is 0.703. The van der Waals surface area contributed by atoms with Gasteiger partial charge in [-0.2, -0.15) is 0 Å². The summed E-state index contributed by atoms with van der Waals surface area (Å²) in [5.41, 5.74) is 0.673. The molecule has 0 unspecified atom stereocenters. The topological polar surface area (TPSA) is 80.5 Å². The highest BCUT2D eigenvalue weighted by atomic mass is 35.5. The number of halogens is 1. The molecular weight excluding hydrogens is 388 g/mol. The van der Waals surface area contributed by atoms with Gasteiger partial charge in [-0.25, -0.2) is 0 Å². The molecule has 3 rings (SSSR count). The van der Waals surface area contributed by atoms with Crippen molar-refractivity contribution in [2.24, 2.45) is 0 Å². The number of amides is 1. The van der Waals surface area contributed by atoms with Gasteiger partial charge in [0.2, 0.25) is 11.8 Å². The van der Waals surface area contributed by atoms with E-state index in [2.05, 4.69) is 34.3 Å². The molecule has 1 aliphatic heterocycles. The number of carbonyl (C=O) groups is 1. The van der Waals surface area contributed by atoms with E-state index < -0.39 is 0 Å². The first kappa shape index (κ1) is 20.1. The molecule has 9 heteroatoms. The summed E-state index contributed by atoms with van der Waals surface area (Å²) in [6.07, 6.45) is 0. The number of ether oxygens (including phenoxy) is 1. The van der Waals surface area contributed by atoms with Gasteiger partial charge in [-0.3, -0.25) is 9.69 Å².